The number of aromatic nitrogens is 1. The topological polar surface area (TPSA) is 42.2 Å². The zero-order valence-corrected chi connectivity index (χ0v) is 12.2. The smallest absolute Gasteiger partial charge is 0.142 e. The third kappa shape index (κ3) is 2.92. The van der Waals surface area contributed by atoms with Crippen molar-refractivity contribution in [3.8, 4) is 0 Å². The van der Waals surface area contributed by atoms with Crippen molar-refractivity contribution in [3.63, 3.8) is 0 Å². The molecule has 2 rings (SSSR count). The van der Waals surface area contributed by atoms with E-state index in [1.807, 2.05) is 6.07 Å². The molecule has 0 bridgehead atoms. The Morgan fingerprint density at radius 1 is 1.65 bits per heavy atom. The van der Waals surface area contributed by atoms with Crippen LogP contribution in [-0.2, 0) is 0 Å². The molecule has 0 aromatic carbocycles. The Morgan fingerprint density at radius 2 is 2.41 bits per heavy atom. The lowest BCUT2D eigenvalue weighted by Crippen LogP contribution is -2.43. The summed E-state index contributed by atoms with van der Waals surface area (Å²) in [7, 11) is 0. The second-order valence-electron chi connectivity index (χ2n) is 4.67. The van der Waals surface area contributed by atoms with Crippen LogP contribution >= 0.6 is 27.5 Å². The van der Waals surface area contributed by atoms with Gasteiger partial charge >= 0.3 is 0 Å². The van der Waals surface area contributed by atoms with Gasteiger partial charge in [-0.2, -0.15) is 0 Å². The van der Waals surface area contributed by atoms with Crippen LogP contribution < -0.4 is 10.6 Å². The van der Waals surface area contributed by atoms with Crippen molar-refractivity contribution in [3.05, 3.63) is 21.8 Å². The molecule has 1 fully saturated rings. The predicted octanol–water partition coefficient (Wildman–Crippen LogP) is 2.92. The lowest BCUT2D eigenvalue weighted by atomic mass is 9.87. The fourth-order valence-electron chi connectivity index (χ4n) is 2.29. The normalized spacial score (nSPS) is 25.1. The third-order valence-electron chi connectivity index (χ3n) is 3.50. The molecule has 17 heavy (non-hydrogen) atoms. The van der Waals surface area contributed by atoms with Gasteiger partial charge in [0.1, 0.15) is 5.82 Å². The average molecular weight is 319 g/mol. The molecule has 1 aliphatic heterocycles. The number of nitrogens with zero attached hydrogens (tertiary/aromatic N) is 2. The average Bonchev–Trinajstić information content (AvgIpc) is 2.30. The minimum absolute atomic E-state index is 0.549. The molecule has 2 heterocycles. The van der Waals surface area contributed by atoms with Gasteiger partial charge in [-0.15, -0.1) is 0 Å². The van der Waals surface area contributed by atoms with E-state index >= 15 is 0 Å². The number of rotatable bonds is 2. The summed E-state index contributed by atoms with van der Waals surface area (Å²) in [5.74, 6) is 2.22. The van der Waals surface area contributed by atoms with E-state index < -0.39 is 0 Å². The van der Waals surface area contributed by atoms with Crippen LogP contribution in [0.15, 0.2) is 16.7 Å². The lowest BCUT2D eigenvalue weighted by Gasteiger charge is -2.37. The largest absolute Gasteiger partial charge is 0.355 e. The molecule has 0 spiro atoms. The number of piperidine rings is 1. The van der Waals surface area contributed by atoms with E-state index in [2.05, 4.69) is 32.7 Å². The molecule has 1 aromatic rings. The fourth-order valence-corrected chi connectivity index (χ4v) is 3.18. The van der Waals surface area contributed by atoms with Gasteiger partial charge in [-0.1, -0.05) is 18.5 Å². The molecule has 0 saturated carbocycles. The molecular formula is C12H17BrClN3. The molecule has 3 nitrogen and oxygen atoms in total. The first-order chi connectivity index (χ1) is 8.11. The molecule has 0 amide bonds. The van der Waals surface area contributed by atoms with Crippen LogP contribution in [0.2, 0.25) is 5.02 Å². The summed E-state index contributed by atoms with van der Waals surface area (Å²) >= 11 is 9.42. The second kappa shape index (κ2) is 5.55. The minimum atomic E-state index is 0.549. The van der Waals surface area contributed by atoms with Crippen LogP contribution in [0, 0.1) is 11.8 Å². The molecule has 5 heteroatoms. The summed E-state index contributed by atoms with van der Waals surface area (Å²) < 4.78 is 0.954. The summed E-state index contributed by atoms with van der Waals surface area (Å²) in [5, 5.41) is 0.654. The summed E-state index contributed by atoms with van der Waals surface area (Å²) in [4.78, 5) is 6.69. The van der Waals surface area contributed by atoms with Crippen LogP contribution in [0.25, 0.3) is 0 Å². The number of anilines is 1. The Labute approximate surface area is 115 Å². The molecule has 0 radical (unpaired) electrons. The van der Waals surface area contributed by atoms with Gasteiger partial charge in [0, 0.05) is 19.3 Å². The van der Waals surface area contributed by atoms with E-state index in [1.165, 1.54) is 6.42 Å². The van der Waals surface area contributed by atoms with E-state index in [4.69, 9.17) is 17.3 Å². The molecule has 94 valence electrons. The standard InChI is InChI=1S/C12H17BrClN3/c1-8-2-3-17(7-9(8)5-15)12-11(13)4-10(14)6-16-12/h4,6,8-9H,2-3,5,7,15H2,1H3. The number of hydrogen-bond donors (Lipinski definition) is 1. The van der Waals surface area contributed by atoms with Gasteiger partial charge in [-0.3, -0.25) is 0 Å². The molecule has 1 aliphatic rings. The van der Waals surface area contributed by atoms with Crippen molar-refractivity contribution < 1.29 is 0 Å². The Morgan fingerprint density at radius 3 is 3.06 bits per heavy atom. The molecule has 2 atom stereocenters. The summed E-state index contributed by atoms with van der Waals surface area (Å²) in [6.45, 7) is 5.03. The maximum Gasteiger partial charge on any atom is 0.142 e. The monoisotopic (exact) mass is 317 g/mol. The second-order valence-corrected chi connectivity index (χ2v) is 5.96. The highest BCUT2D eigenvalue weighted by molar-refractivity contribution is 9.10. The molecule has 1 saturated heterocycles. The van der Waals surface area contributed by atoms with Crippen molar-refractivity contribution >= 4 is 33.3 Å². The Kier molecular flexibility index (Phi) is 4.28. The Balaban J connectivity index is 2.17. The van der Waals surface area contributed by atoms with Crippen molar-refractivity contribution in [1.82, 2.24) is 4.98 Å². The van der Waals surface area contributed by atoms with Crippen LogP contribution in [0.4, 0.5) is 5.82 Å². The van der Waals surface area contributed by atoms with Crippen LogP contribution in [0.5, 0.6) is 0 Å². The first-order valence-electron chi connectivity index (χ1n) is 5.88. The number of nitrogens with two attached hydrogens (primary N) is 1. The van der Waals surface area contributed by atoms with E-state index in [0.717, 1.165) is 29.9 Å². The number of pyridine rings is 1. The van der Waals surface area contributed by atoms with E-state index in [1.54, 1.807) is 6.20 Å². The zero-order valence-electron chi connectivity index (χ0n) is 9.87. The van der Waals surface area contributed by atoms with Gasteiger partial charge in [0.2, 0.25) is 0 Å². The highest BCUT2D eigenvalue weighted by Crippen LogP contribution is 2.31. The molecule has 2 unspecified atom stereocenters. The lowest BCUT2D eigenvalue weighted by molar-refractivity contribution is 0.306. The maximum atomic E-state index is 5.90. The van der Waals surface area contributed by atoms with Gasteiger partial charge in [0.05, 0.1) is 9.50 Å². The Bertz CT molecular complexity index is 399. The van der Waals surface area contributed by atoms with Crippen molar-refractivity contribution in [2.24, 2.45) is 17.6 Å². The van der Waals surface area contributed by atoms with Gasteiger partial charge in [0.15, 0.2) is 0 Å². The number of halogens is 2. The highest BCUT2D eigenvalue weighted by Gasteiger charge is 2.26. The van der Waals surface area contributed by atoms with Crippen molar-refractivity contribution in [2.45, 2.75) is 13.3 Å². The van der Waals surface area contributed by atoms with Crippen LogP contribution in [-0.4, -0.2) is 24.6 Å². The highest BCUT2D eigenvalue weighted by atomic mass is 79.9. The molecular weight excluding hydrogens is 302 g/mol. The minimum Gasteiger partial charge on any atom is -0.355 e. The molecule has 2 N–H and O–H groups in total. The van der Waals surface area contributed by atoms with Crippen molar-refractivity contribution in [2.75, 3.05) is 24.5 Å². The molecule has 1 aromatic heterocycles. The Hall–Kier alpha value is -0.320. The fraction of sp³-hybridized carbons (Fsp3) is 0.583. The summed E-state index contributed by atoms with van der Waals surface area (Å²) in [6, 6.07) is 1.89. The van der Waals surface area contributed by atoms with Crippen molar-refractivity contribution in [1.29, 1.82) is 0 Å². The van der Waals surface area contributed by atoms with Gasteiger partial charge < -0.3 is 10.6 Å². The van der Waals surface area contributed by atoms with Crippen LogP contribution in [0.1, 0.15) is 13.3 Å². The van der Waals surface area contributed by atoms with E-state index in [0.29, 0.717) is 16.9 Å². The van der Waals surface area contributed by atoms with Gasteiger partial charge in [-0.25, -0.2) is 4.98 Å². The SMILES string of the molecule is CC1CCN(c2ncc(Cl)cc2Br)CC1CN. The van der Waals surface area contributed by atoms with Gasteiger partial charge in [0.25, 0.3) is 0 Å². The van der Waals surface area contributed by atoms with Crippen LogP contribution in [0.3, 0.4) is 0 Å². The van der Waals surface area contributed by atoms with Gasteiger partial charge in [-0.05, 0) is 46.8 Å². The zero-order chi connectivity index (χ0) is 12.4. The molecule has 0 aliphatic carbocycles. The first kappa shape index (κ1) is 13.1. The predicted molar refractivity (Wildman–Crippen MR) is 75.5 cm³/mol. The van der Waals surface area contributed by atoms with E-state index in [-0.39, 0.29) is 0 Å². The quantitative estimate of drug-likeness (QED) is 0.911. The third-order valence-corrected chi connectivity index (χ3v) is 4.29. The maximum absolute atomic E-state index is 5.90. The van der Waals surface area contributed by atoms with E-state index in [9.17, 15) is 0 Å². The first-order valence-corrected chi connectivity index (χ1v) is 7.05. The summed E-state index contributed by atoms with van der Waals surface area (Å²) in [5.41, 5.74) is 5.82. The number of hydrogen-bond acceptors (Lipinski definition) is 3. The summed E-state index contributed by atoms with van der Waals surface area (Å²) in [6.07, 6.45) is 2.86.